The number of carbonyl (C=O) groups is 1. The number of nitrogens with zero attached hydrogens (tertiary/aromatic N) is 2. The van der Waals surface area contributed by atoms with Gasteiger partial charge in [-0.1, -0.05) is 29.0 Å². The van der Waals surface area contributed by atoms with Crippen LogP contribution in [0.2, 0.25) is 0 Å². The molecule has 0 radical (unpaired) electrons. The molecule has 0 N–H and O–H groups in total. The van der Waals surface area contributed by atoms with E-state index in [9.17, 15) is 9.18 Å². The van der Waals surface area contributed by atoms with Crippen LogP contribution in [-0.2, 0) is 10.5 Å². The highest BCUT2D eigenvalue weighted by atomic mass is 32.2. The molecule has 0 bridgehead atoms. The van der Waals surface area contributed by atoms with E-state index in [-0.39, 0.29) is 29.2 Å². The maximum absolute atomic E-state index is 13.9. The van der Waals surface area contributed by atoms with Crippen molar-refractivity contribution in [1.82, 2.24) is 10.2 Å². The predicted octanol–water partition coefficient (Wildman–Crippen LogP) is 2.69. The van der Waals surface area contributed by atoms with Crippen LogP contribution in [0.25, 0.3) is 0 Å². The molecule has 0 aliphatic heterocycles. The molecule has 0 amide bonds. The summed E-state index contributed by atoms with van der Waals surface area (Å²) in [7, 11) is 1.40. The van der Waals surface area contributed by atoms with Gasteiger partial charge in [-0.2, -0.15) is 0 Å². The molecule has 2 rings (SSSR count). The summed E-state index contributed by atoms with van der Waals surface area (Å²) in [6.07, 6.45) is 0. The minimum Gasteiger partial charge on any atom is -0.494 e. The molecule has 0 saturated carbocycles. The Hall–Kier alpha value is -2.09. The van der Waals surface area contributed by atoms with Gasteiger partial charge in [-0.3, -0.25) is 0 Å². The summed E-state index contributed by atoms with van der Waals surface area (Å²) in [6.45, 7) is 1.90. The number of carbonyl (C=O) groups excluding carboxylic acids is 1. The molecule has 0 aliphatic rings. The minimum atomic E-state index is -0.676. The van der Waals surface area contributed by atoms with Crippen molar-refractivity contribution in [3.63, 3.8) is 0 Å². The fourth-order valence-electron chi connectivity index (χ4n) is 1.51. The number of aromatic nitrogens is 2. The van der Waals surface area contributed by atoms with Crippen LogP contribution in [0.5, 0.6) is 5.75 Å². The Morgan fingerprint density at radius 1 is 1.43 bits per heavy atom. The van der Waals surface area contributed by atoms with Gasteiger partial charge in [0, 0.05) is 11.3 Å². The molecule has 0 spiro atoms. The molecule has 2 aromatic rings. The van der Waals surface area contributed by atoms with Gasteiger partial charge in [0.2, 0.25) is 0 Å². The Morgan fingerprint density at radius 2 is 2.24 bits per heavy atom. The number of halogens is 1. The van der Waals surface area contributed by atoms with Crippen molar-refractivity contribution < 1.29 is 23.1 Å². The van der Waals surface area contributed by atoms with Crippen molar-refractivity contribution in [2.45, 2.75) is 17.9 Å². The third kappa shape index (κ3) is 3.72. The second-order valence-corrected chi connectivity index (χ2v) is 4.74. The number of benzene rings is 1. The zero-order chi connectivity index (χ0) is 15.2. The lowest BCUT2D eigenvalue weighted by Gasteiger charge is -2.05. The zero-order valence-corrected chi connectivity index (χ0v) is 12.3. The normalized spacial score (nSPS) is 10.4. The first-order valence-electron chi connectivity index (χ1n) is 6.10. The molecular weight excluding hydrogens is 299 g/mol. The Morgan fingerprint density at radius 3 is 2.95 bits per heavy atom. The fourth-order valence-corrected chi connectivity index (χ4v) is 2.25. The number of rotatable bonds is 6. The average molecular weight is 312 g/mol. The molecule has 0 unspecified atom stereocenters. The molecule has 0 atom stereocenters. The Kier molecular flexibility index (Phi) is 5.15. The lowest BCUT2D eigenvalue weighted by atomic mass is 10.2. The SMILES string of the molecule is CCOC(=O)c1nnc(SCc2cccc(OC)c2F)o1. The highest BCUT2D eigenvalue weighted by Crippen LogP contribution is 2.27. The largest absolute Gasteiger partial charge is 0.494 e. The van der Waals surface area contributed by atoms with Crippen LogP contribution in [0.3, 0.4) is 0 Å². The highest BCUT2D eigenvalue weighted by Gasteiger charge is 2.17. The smallest absolute Gasteiger partial charge is 0.396 e. The van der Waals surface area contributed by atoms with Gasteiger partial charge in [0.05, 0.1) is 13.7 Å². The van der Waals surface area contributed by atoms with Crippen molar-refractivity contribution in [2.75, 3.05) is 13.7 Å². The molecule has 1 heterocycles. The molecule has 1 aromatic heterocycles. The number of hydrogen-bond donors (Lipinski definition) is 0. The van der Waals surface area contributed by atoms with E-state index in [1.165, 1.54) is 13.2 Å². The van der Waals surface area contributed by atoms with Crippen molar-refractivity contribution in [1.29, 1.82) is 0 Å². The number of esters is 1. The van der Waals surface area contributed by atoms with E-state index in [0.717, 1.165) is 11.8 Å². The molecule has 0 fully saturated rings. The molecular formula is C13H13FN2O4S. The molecule has 0 saturated heterocycles. The van der Waals surface area contributed by atoms with Crippen LogP contribution >= 0.6 is 11.8 Å². The first-order valence-corrected chi connectivity index (χ1v) is 7.09. The monoisotopic (exact) mass is 312 g/mol. The molecule has 6 nitrogen and oxygen atoms in total. The van der Waals surface area contributed by atoms with Crippen molar-refractivity contribution in [3.8, 4) is 5.75 Å². The van der Waals surface area contributed by atoms with Gasteiger partial charge in [-0.25, -0.2) is 9.18 Å². The van der Waals surface area contributed by atoms with E-state index in [4.69, 9.17) is 13.9 Å². The predicted molar refractivity (Wildman–Crippen MR) is 72.8 cm³/mol. The first kappa shape index (κ1) is 15.3. The number of methoxy groups -OCH3 is 1. The minimum absolute atomic E-state index is 0.167. The van der Waals surface area contributed by atoms with Crippen LogP contribution in [0.4, 0.5) is 4.39 Å². The summed E-state index contributed by atoms with van der Waals surface area (Å²) in [5.41, 5.74) is 0.440. The van der Waals surface area contributed by atoms with Gasteiger partial charge >= 0.3 is 11.9 Å². The third-order valence-electron chi connectivity index (χ3n) is 2.47. The van der Waals surface area contributed by atoms with E-state index in [0.29, 0.717) is 5.56 Å². The average Bonchev–Trinajstić information content (AvgIpc) is 2.95. The summed E-state index contributed by atoms with van der Waals surface area (Å²) in [5.74, 6) is -0.883. The van der Waals surface area contributed by atoms with Crippen molar-refractivity contribution >= 4 is 17.7 Å². The van der Waals surface area contributed by atoms with Crippen molar-refractivity contribution in [3.05, 3.63) is 35.5 Å². The van der Waals surface area contributed by atoms with Crippen LogP contribution in [0.1, 0.15) is 23.2 Å². The van der Waals surface area contributed by atoms with E-state index in [1.807, 2.05) is 0 Å². The molecule has 1 aromatic carbocycles. The van der Waals surface area contributed by atoms with Gasteiger partial charge in [0.15, 0.2) is 11.6 Å². The maximum Gasteiger partial charge on any atom is 0.396 e. The summed E-state index contributed by atoms with van der Waals surface area (Å²) in [5, 5.41) is 7.44. The van der Waals surface area contributed by atoms with Crippen LogP contribution in [-0.4, -0.2) is 29.9 Å². The lowest BCUT2D eigenvalue weighted by molar-refractivity contribution is 0.0475. The Bertz CT molecular complexity index is 632. The Balaban J connectivity index is 2.02. The number of thioether (sulfide) groups is 1. The summed E-state index contributed by atoms with van der Waals surface area (Å²) >= 11 is 1.12. The standard InChI is InChI=1S/C13H13FN2O4S/c1-3-19-12(17)11-15-16-13(20-11)21-7-8-5-4-6-9(18-2)10(8)14/h4-6H,3,7H2,1-2H3. The molecule has 8 heteroatoms. The summed E-state index contributed by atoms with van der Waals surface area (Å²) in [4.78, 5) is 11.4. The maximum atomic E-state index is 13.9. The van der Waals surface area contributed by atoms with Gasteiger partial charge in [-0.15, -0.1) is 5.10 Å². The molecule has 0 aliphatic carbocycles. The van der Waals surface area contributed by atoms with Gasteiger partial charge in [0.25, 0.3) is 5.22 Å². The van der Waals surface area contributed by atoms with E-state index >= 15 is 0 Å². The fraction of sp³-hybridized carbons (Fsp3) is 0.308. The van der Waals surface area contributed by atoms with Crippen LogP contribution < -0.4 is 4.74 Å². The van der Waals surface area contributed by atoms with Gasteiger partial charge in [-0.05, 0) is 13.0 Å². The number of ether oxygens (including phenoxy) is 2. The van der Waals surface area contributed by atoms with E-state index in [2.05, 4.69) is 10.2 Å². The molecule has 112 valence electrons. The first-order chi connectivity index (χ1) is 10.2. The second kappa shape index (κ2) is 7.07. The van der Waals surface area contributed by atoms with Gasteiger partial charge < -0.3 is 13.9 Å². The quantitative estimate of drug-likeness (QED) is 0.599. The van der Waals surface area contributed by atoms with E-state index < -0.39 is 11.8 Å². The van der Waals surface area contributed by atoms with E-state index in [1.54, 1.807) is 19.1 Å². The summed E-state index contributed by atoms with van der Waals surface area (Å²) in [6, 6.07) is 4.86. The molecule has 21 heavy (non-hydrogen) atoms. The summed E-state index contributed by atoms with van der Waals surface area (Å²) < 4.78 is 28.7. The topological polar surface area (TPSA) is 74.5 Å². The van der Waals surface area contributed by atoms with Crippen molar-refractivity contribution in [2.24, 2.45) is 0 Å². The van der Waals surface area contributed by atoms with Crippen LogP contribution in [0.15, 0.2) is 27.8 Å². The second-order valence-electron chi connectivity index (χ2n) is 3.82. The zero-order valence-electron chi connectivity index (χ0n) is 11.5. The van der Waals surface area contributed by atoms with Gasteiger partial charge in [0.1, 0.15) is 0 Å². The lowest BCUT2D eigenvalue weighted by Crippen LogP contribution is -2.04. The highest BCUT2D eigenvalue weighted by molar-refractivity contribution is 7.98. The number of hydrogen-bond acceptors (Lipinski definition) is 7. The third-order valence-corrected chi connectivity index (χ3v) is 3.34. The Labute approximate surface area is 124 Å². The van der Waals surface area contributed by atoms with Crippen LogP contribution in [0, 0.1) is 5.82 Å².